The molecule has 0 amide bonds. The standard InChI is InChI=1S/C14H16N2O2S/c1-19(17,18)14-4-2-13(3-5-14)16-11-8-12-6-9-15-10-7-12/h2-7,9-10,16H,8,11H2,1H3. The Hall–Kier alpha value is -1.88. The van der Waals surface area contributed by atoms with Gasteiger partial charge in [-0.3, -0.25) is 4.98 Å². The van der Waals surface area contributed by atoms with E-state index in [9.17, 15) is 8.42 Å². The molecule has 0 aliphatic heterocycles. The minimum atomic E-state index is -3.12. The predicted molar refractivity (Wildman–Crippen MR) is 76.0 cm³/mol. The largest absolute Gasteiger partial charge is 0.385 e. The number of nitrogens with one attached hydrogen (secondary N) is 1. The van der Waals surface area contributed by atoms with Crippen molar-refractivity contribution in [2.75, 3.05) is 18.1 Å². The van der Waals surface area contributed by atoms with Crippen LogP contribution in [0.2, 0.25) is 0 Å². The number of anilines is 1. The maximum Gasteiger partial charge on any atom is 0.175 e. The molecule has 0 bridgehead atoms. The number of aromatic nitrogens is 1. The van der Waals surface area contributed by atoms with Crippen LogP contribution in [0.5, 0.6) is 0 Å². The zero-order chi connectivity index (χ0) is 13.7. The molecule has 0 aliphatic rings. The Labute approximate surface area is 113 Å². The van der Waals surface area contributed by atoms with Crippen molar-refractivity contribution in [2.45, 2.75) is 11.3 Å². The molecule has 0 saturated heterocycles. The molecular formula is C14H16N2O2S. The molecule has 0 spiro atoms. The van der Waals surface area contributed by atoms with Crippen LogP contribution in [0.1, 0.15) is 5.56 Å². The summed E-state index contributed by atoms with van der Waals surface area (Å²) in [5.41, 5.74) is 2.14. The Morgan fingerprint density at radius 3 is 2.26 bits per heavy atom. The van der Waals surface area contributed by atoms with Crippen molar-refractivity contribution in [3.8, 4) is 0 Å². The summed E-state index contributed by atoms with van der Waals surface area (Å²) in [6.45, 7) is 0.794. The molecule has 1 aromatic heterocycles. The highest BCUT2D eigenvalue weighted by molar-refractivity contribution is 7.90. The molecule has 100 valence electrons. The lowest BCUT2D eigenvalue weighted by atomic mass is 10.2. The van der Waals surface area contributed by atoms with Gasteiger partial charge < -0.3 is 5.32 Å². The number of sulfone groups is 1. The molecule has 2 aromatic rings. The second-order valence-electron chi connectivity index (χ2n) is 4.33. The van der Waals surface area contributed by atoms with E-state index in [1.165, 1.54) is 11.8 Å². The van der Waals surface area contributed by atoms with E-state index in [-0.39, 0.29) is 0 Å². The highest BCUT2D eigenvalue weighted by Crippen LogP contribution is 2.13. The third-order valence-corrected chi connectivity index (χ3v) is 3.90. The van der Waals surface area contributed by atoms with Crippen LogP contribution in [0.25, 0.3) is 0 Å². The summed E-state index contributed by atoms with van der Waals surface area (Å²) in [7, 11) is -3.12. The molecule has 0 fully saturated rings. The predicted octanol–water partition coefficient (Wildman–Crippen LogP) is 2.14. The number of pyridine rings is 1. The van der Waals surface area contributed by atoms with Crippen LogP contribution in [-0.2, 0) is 16.3 Å². The molecule has 1 heterocycles. The summed E-state index contributed by atoms with van der Waals surface area (Å²) < 4.78 is 22.6. The molecular weight excluding hydrogens is 260 g/mol. The first-order valence-electron chi connectivity index (χ1n) is 5.98. The van der Waals surface area contributed by atoms with Gasteiger partial charge in [-0.2, -0.15) is 0 Å². The summed E-state index contributed by atoms with van der Waals surface area (Å²) in [4.78, 5) is 4.31. The van der Waals surface area contributed by atoms with Crippen LogP contribution in [-0.4, -0.2) is 26.2 Å². The molecule has 0 atom stereocenters. The van der Waals surface area contributed by atoms with E-state index in [1.807, 2.05) is 12.1 Å². The molecule has 4 nitrogen and oxygen atoms in total. The second kappa shape index (κ2) is 5.84. The van der Waals surface area contributed by atoms with Crippen LogP contribution in [0.4, 0.5) is 5.69 Å². The lowest BCUT2D eigenvalue weighted by Gasteiger charge is -2.07. The van der Waals surface area contributed by atoms with Crippen molar-refractivity contribution in [1.29, 1.82) is 0 Å². The van der Waals surface area contributed by atoms with E-state index in [0.717, 1.165) is 18.7 Å². The summed E-state index contributed by atoms with van der Waals surface area (Å²) >= 11 is 0. The Bertz CT molecular complexity index is 622. The van der Waals surface area contributed by atoms with Gasteiger partial charge in [-0.05, 0) is 48.4 Å². The van der Waals surface area contributed by atoms with E-state index in [2.05, 4.69) is 10.3 Å². The average molecular weight is 276 g/mol. The van der Waals surface area contributed by atoms with Gasteiger partial charge >= 0.3 is 0 Å². The minimum absolute atomic E-state index is 0.340. The molecule has 1 aromatic carbocycles. The molecule has 0 aliphatic carbocycles. The Morgan fingerprint density at radius 1 is 1.05 bits per heavy atom. The second-order valence-corrected chi connectivity index (χ2v) is 6.34. The minimum Gasteiger partial charge on any atom is -0.385 e. The van der Waals surface area contributed by atoms with Gasteiger partial charge in [0.25, 0.3) is 0 Å². The van der Waals surface area contributed by atoms with E-state index >= 15 is 0 Å². The molecule has 5 heteroatoms. The zero-order valence-electron chi connectivity index (χ0n) is 10.7. The van der Waals surface area contributed by atoms with Crippen molar-refractivity contribution < 1.29 is 8.42 Å². The van der Waals surface area contributed by atoms with Gasteiger partial charge in [-0.15, -0.1) is 0 Å². The maximum absolute atomic E-state index is 11.3. The zero-order valence-corrected chi connectivity index (χ0v) is 11.5. The van der Waals surface area contributed by atoms with Gasteiger partial charge in [0.1, 0.15) is 0 Å². The van der Waals surface area contributed by atoms with Gasteiger partial charge in [-0.25, -0.2) is 8.42 Å². The fourth-order valence-electron chi connectivity index (χ4n) is 1.72. The average Bonchev–Trinajstić information content (AvgIpc) is 2.39. The number of hydrogen-bond acceptors (Lipinski definition) is 4. The topological polar surface area (TPSA) is 59.1 Å². The van der Waals surface area contributed by atoms with Crippen molar-refractivity contribution in [3.63, 3.8) is 0 Å². The van der Waals surface area contributed by atoms with E-state index < -0.39 is 9.84 Å². The van der Waals surface area contributed by atoms with Crippen LogP contribution in [0, 0.1) is 0 Å². The Kier molecular flexibility index (Phi) is 4.16. The quantitative estimate of drug-likeness (QED) is 0.909. The third kappa shape index (κ3) is 4.06. The number of rotatable bonds is 5. The normalized spacial score (nSPS) is 11.2. The summed E-state index contributed by atoms with van der Waals surface area (Å²) in [6.07, 6.45) is 5.65. The van der Waals surface area contributed by atoms with Crippen molar-refractivity contribution in [2.24, 2.45) is 0 Å². The Balaban J connectivity index is 1.90. The fourth-order valence-corrected chi connectivity index (χ4v) is 2.35. The first kappa shape index (κ1) is 13.5. The van der Waals surface area contributed by atoms with Gasteiger partial charge in [0.2, 0.25) is 0 Å². The van der Waals surface area contributed by atoms with Crippen LogP contribution in [0.3, 0.4) is 0 Å². The first-order valence-corrected chi connectivity index (χ1v) is 7.88. The Morgan fingerprint density at radius 2 is 1.68 bits per heavy atom. The van der Waals surface area contributed by atoms with Crippen molar-refractivity contribution in [1.82, 2.24) is 4.98 Å². The fraction of sp³-hybridized carbons (Fsp3) is 0.214. The van der Waals surface area contributed by atoms with Crippen molar-refractivity contribution >= 4 is 15.5 Å². The molecule has 0 radical (unpaired) electrons. The van der Waals surface area contributed by atoms with Gasteiger partial charge in [-0.1, -0.05) is 0 Å². The van der Waals surface area contributed by atoms with Crippen LogP contribution >= 0.6 is 0 Å². The van der Waals surface area contributed by atoms with Crippen LogP contribution in [0.15, 0.2) is 53.7 Å². The number of nitrogens with zero attached hydrogens (tertiary/aromatic N) is 1. The van der Waals surface area contributed by atoms with Gasteiger partial charge in [0.15, 0.2) is 9.84 Å². The van der Waals surface area contributed by atoms with E-state index in [1.54, 1.807) is 36.7 Å². The van der Waals surface area contributed by atoms with Gasteiger partial charge in [0.05, 0.1) is 4.90 Å². The lowest BCUT2D eigenvalue weighted by Crippen LogP contribution is -2.05. The summed E-state index contributed by atoms with van der Waals surface area (Å²) in [5.74, 6) is 0. The molecule has 19 heavy (non-hydrogen) atoms. The van der Waals surface area contributed by atoms with Gasteiger partial charge in [0, 0.05) is 30.9 Å². The summed E-state index contributed by atoms with van der Waals surface area (Å²) in [6, 6.07) is 10.8. The van der Waals surface area contributed by atoms with E-state index in [0.29, 0.717) is 4.90 Å². The summed E-state index contributed by atoms with van der Waals surface area (Å²) in [5, 5.41) is 3.26. The highest BCUT2D eigenvalue weighted by Gasteiger charge is 2.05. The third-order valence-electron chi connectivity index (χ3n) is 2.77. The molecule has 1 N–H and O–H groups in total. The SMILES string of the molecule is CS(=O)(=O)c1ccc(NCCc2ccncc2)cc1. The molecule has 0 unspecified atom stereocenters. The number of benzene rings is 1. The molecule has 2 rings (SSSR count). The number of hydrogen-bond donors (Lipinski definition) is 1. The molecule has 0 saturated carbocycles. The first-order chi connectivity index (χ1) is 9.05. The maximum atomic E-state index is 11.3. The smallest absolute Gasteiger partial charge is 0.175 e. The van der Waals surface area contributed by atoms with E-state index in [4.69, 9.17) is 0 Å². The van der Waals surface area contributed by atoms with Crippen LogP contribution < -0.4 is 5.32 Å². The monoisotopic (exact) mass is 276 g/mol. The van der Waals surface area contributed by atoms with Crippen molar-refractivity contribution in [3.05, 3.63) is 54.4 Å². The highest BCUT2D eigenvalue weighted by atomic mass is 32.2. The lowest BCUT2D eigenvalue weighted by molar-refractivity contribution is 0.602.